The monoisotopic (exact) mass is 461 g/mol. The second-order valence-corrected chi connectivity index (χ2v) is 8.97. The number of halogens is 3. The van der Waals surface area contributed by atoms with E-state index in [4.69, 9.17) is 11.6 Å². The number of aromatic nitrogens is 5. The number of amides is 1. The lowest BCUT2D eigenvalue weighted by Gasteiger charge is -2.39. The molecule has 0 bridgehead atoms. The molecule has 0 aliphatic carbocycles. The number of alkyl halides is 2. The van der Waals surface area contributed by atoms with Crippen LogP contribution in [0.3, 0.4) is 0 Å². The van der Waals surface area contributed by atoms with Crippen LogP contribution in [0.5, 0.6) is 0 Å². The first-order valence-electron chi connectivity index (χ1n) is 10.5. The van der Waals surface area contributed by atoms with E-state index in [1.54, 1.807) is 18.5 Å². The van der Waals surface area contributed by atoms with Gasteiger partial charge in [0.15, 0.2) is 5.65 Å². The van der Waals surface area contributed by atoms with Crippen molar-refractivity contribution < 1.29 is 13.6 Å². The zero-order chi connectivity index (χ0) is 22.3. The molecule has 2 aliphatic rings. The summed E-state index contributed by atoms with van der Waals surface area (Å²) in [5.41, 5.74) is 1.62. The number of hydrogen-bond acceptors (Lipinski definition) is 6. The summed E-state index contributed by atoms with van der Waals surface area (Å²) in [6, 6.07) is 3.63. The highest BCUT2D eigenvalue weighted by Crippen LogP contribution is 2.42. The molecular weight excluding hydrogens is 440 g/mol. The Balaban J connectivity index is 1.25. The van der Waals surface area contributed by atoms with Crippen LogP contribution in [-0.2, 0) is 17.9 Å². The molecule has 0 unspecified atom stereocenters. The fraction of sp³-hybridized carbons (Fsp3) is 0.476. The van der Waals surface area contributed by atoms with Gasteiger partial charge < -0.3 is 9.80 Å². The van der Waals surface area contributed by atoms with Gasteiger partial charge in [-0.3, -0.25) is 9.78 Å². The van der Waals surface area contributed by atoms with E-state index in [1.165, 1.54) is 10.9 Å². The average Bonchev–Trinajstić information content (AvgIpc) is 3.30. The minimum atomic E-state index is -2.51. The Labute approximate surface area is 188 Å². The second-order valence-electron chi connectivity index (χ2n) is 8.54. The maximum Gasteiger partial charge on any atom is 0.258 e. The molecule has 168 valence electrons. The van der Waals surface area contributed by atoms with E-state index in [-0.39, 0.29) is 11.3 Å². The minimum absolute atomic E-state index is 0.0605. The van der Waals surface area contributed by atoms with Gasteiger partial charge in [-0.2, -0.15) is 5.10 Å². The number of carbonyl (C=O) groups excluding carboxylic acids is 1. The summed E-state index contributed by atoms with van der Waals surface area (Å²) in [7, 11) is 0. The van der Waals surface area contributed by atoms with Gasteiger partial charge in [-0.15, -0.1) is 0 Å². The Morgan fingerprint density at radius 2 is 1.94 bits per heavy atom. The first kappa shape index (κ1) is 21.0. The van der Waals surface area contributed by atoms with E-state index in [1.807, 2.05) is 11.0 Å². The second kappa shape index (κ2) is 8.23. The number of pyridine rings is 1. The van der Waals surface area contributed by atoms with Gasteiger partial charge in [-0.1, -0.05) is 11.6 Å². The number of rotatable bonds is 5. The Bertz CT molecular complexity index is 1130. The fourth-order valence-corrected chi connectivity index (χ4v) is 4.73. The minimum Gasteiger partial charge on any atom is -0.355 e. The van der Waals surface area contributed by atoms with Crippen molar-refractivity contribution in [2.75, 3.05) is 24.5 Å². The van der Waals surface area contributed by atoms with Crippen LogP contribution in [0.1, 0.15) is 25.0 Å². The Kier molecular flexibility index (Phi) is 5.40. The molecule has 0 aromatic carbocycles. The molecular formula is C21H22ClF2N7O. The van der Waals surface area contributed by atoms with Gasteiger partial charge in [-0.05, 0) is 25.0 Å². The van der Waals surface area contributed by atoms with E-state index in [2.05, 4.69) is 25.0 Å². The van der Waals surface area contributed by atoms with Crippen LogP contribution >= 0.6 is 11.6 Å². The lowest BCUT2D eigenvalue weighted by atomic mass is 9.77. The molecule has 5 heterocycles. The van der Waals surface area contributed by atoms with E-state index < -0.39 is 13.0 Å². The van der Waals surface area contributed by atoms with Gasteiger partial charge in [0.05, 0.1) is 29.7 Å². The van der Waals surface area contributed by atoms with Crippen molar-refractivity contribution in [3.8, 4) is 0 Å². The molecule has 2 aliphatic heterocycles. The van der Waals surface area contributed by atoms with Crippen molar-refractivity contribution in [3.63, 3.8) is 0 Å². The smallest absolute Gasteiger partial charge is 0.258 e. The summed E-state index contributed by atoms with van der Waals surface area (Å²) in [4.78, 5) is 29.9. The highest BCUT2D eigenvalue weighted by Gasteiger charge is 2.45. The maximum absolute atomic E-state index is 12.8. The molecule has 2 saturated heterocycles. The predicted octanol–water partition coefficient (Wildman–Crippen LogP) is 3.16. The molecule has 32 heavy (non-hydrogen) atoms. The van der Waals surface area contributed by atoms with Gasteiger partial charge in [0, 0.05) is 37.7 Å². The third-order valence-corrected chi connectivity index (χ3v) is 6.56. The van der Waals surface area contributed by atoms with E-state index in [0.717, 1.165) is 31.6 Å². The van der Waals surface area contributed by atoms with Gasteiger partial charge in [0.25, 0.3) is 6.43 Å². The quantitative estimate of drug-likeness (QED) is 0.580. The number of carbonyl (C=O) groups is 1. The number of fused-ring (bicyclic) bond motifs is 1. The van der Waals surface area contributed by atoms with Crippen molar-refractivity contribution >= 4 is 34.5 Å². The van der Waals surface area contributed by atoms with Crippen LogP contribution in [0.4, 0.5) is 14.6 Å². The summed E-state index contributed by atoms with van der Waals surface area (Å²) in [6.07, 6.45) is 4.42. The third kappa shape index (κ3) is 4.11. The van der Waals surface area contributed by atoms with Crippen molar-refractivity contribution in [1.82, 2.24) is 29.6 Å². The Hall–Kier alpha value is -2.88. The van der Waals surface area contributed by atoms with Crippen molar-refractivity contribution in [3.05, 3.63) is 41.4 Å². The highest BCUT2D eigenvalue weighted by atomic mass is 35.5. The SMILES string of the molecule is O=C1CC2(CCN(c3cnc4cnn(CC(F)F)c4n3)CC2)CN1Cc1ccc(Cl)cn1. The molecule has 3 aromatic rings. The standard InChI is InChI=1S/C21H22ClF2N7O/c22-14-1-2-15(25-8-14)11-30-13-21(7-19(30)32)3-5-29(6-4-21)18-10-26-16-9-27-31(12-17(23)24)20(16)28-18/h1-2,8-10,17H,3-7,11-13H2. The van der Waals surface area contributed by atoms with E-state index in [0.29, 0.717) is 41.5 Å². The predicted molar refractivity (Wildman–Crippen MR) is 114 cm³/mol. The molecule has 2 fully saturated rings. The number of anilines is 1. The first-order valence-corrected chi connectivity index (χ1v) is 10.9. The van der Waals surface area contributed by atoms with E-state index >= 15 is 0 Å². The number of nitrogens with zero attached hydrogens (tertiary/aromatic N) is 7. The van der Waals surface area contributed by atoms with Gasteiger partial charge in [0.1, 0.15) is 17.9 Å². The molecule has 11 heteroatoms. The largest absolute Gasteiger partial charge is 0.355 e. The number of hydrogen-bond donors (Lipinski definition) is 0. The first-order chi connectivity index (χ1) is 15.4. The molecule has 5 rings (SSSR count). The summed E-state index contributed by atoms with van der Waals surface area (Å²) in [6.45, 7) is 2.13. The Morgan fingerprint density at radius 3 is 2.66 bits per heavy atom. The normalized spacial score (nSPS) is 18.4. The van der Waals surface area contributed by atoms with Crippen LogP contribution in [0.25, 0.3) is 11.2 Å². The number of piperidine rings is 1. The molecule has 0 radical (unpaired) electrons. The lowest BCUT2D eigenvalue weighted by Crippen LogP contribution is -2.42. The molecule has 1 amide bonds. The zero-order valence-corrected chi connectivity index (χ0v) is 18.0. The molecule has 8 nitrogen and oxygen atoms in total. The average molecular weight is 462 g/mol. The topological polar surface area (TPSA) is 80.0 Å². The maximum atomic E-state index is 12.8. The zero-order valence-electron chi connectivity index (χ0n) is 17.3. The van der Waals surface area contributed by atoms with Gasteiger partial charge >= 0.3 is 0 Å². The molecule has 0 saturated carbocycles. The van der Waals surface area contributed by atoms with Crippen molar-refractivity contribution in [1.29, 1.82) is 0 Å². The lowest BCUT2D eigenvalue weighted by molar-refractivity contribution is -0.128. The summed E-state index contributed by atoms with van der Waals surface area (Å²) >= 11 is 5.90. The van der Waals surface area contributed by atoms with Crippen LogP contribution in [0, 0.1) is 5.41 Å². The Morgan fingerprint density at radius 1 is 1.12 bits per heavy atom. The highest BCUT2D eigenvalue weighted by molar-refractivity contribution is 6.30. The van der Waals surface area contributed by atoms with Crippen LogP contribution in [0.2, 0.25) is 5.02 Å². The molecule has 0 atom stereocenters. The number of likely N-dealkylation sites (tertiary alicyclic amines) is 1. The van der Waals surface area contributed by atoms with Gasteiger partial charge in [-0.25, -0.2) is 23.4 Å². The summed E-state index contributed by atoms with van der Waals surface area (Å²) < 4.78 is 26.8. The molecule has 0 N–H and O–H groups in total. The molecule has 1 spiro atoms. The van der Waals surface area contributed by atoms with Crippen LogP contribution in [-0.4, -0.2) is 61.6 Å². The van der Waals surface area contributed by atoms with Crippen LogP contribution < -0.4 is 4.90 Å². The summed E-state index contributed by atoms with van der Waals surface area (Å²) in [5, 5.41) is 4.55. The summed E-state index contributed by atoms with van der Waals surface area (Å²) in [5.74, 6) is 0.794. The van der Waals surface area contributed by atoms with Crippen molar-refractivity contribution in [2.24, 2.45) is 5.41 Å². The molecule has 3 aromatic heterocycles. The third-order valence-electron chi connectivity index (χ3n) is 6.34. The van der Waals surface area contributed by atoms with Gasteiger partial charge in [0.2, 0.25) is 5.91 Å². The van der Waals surface area contributed by atoms with Crippen LogP contribution in [0.15, 0.2) is 30.7 Å². The fourth-order valence-electron chi connectivity index (χ4n) is 4.62. The van der Waals surface area contributed by atoms with E-state index in [9.17, 15) is 13.6 Å². The van der Waals surface area contributed by atoms with Crippen molar-refractivity contribution in [2.45, 2.75) is 38.8 Å².